The number of benzene rings is 1. The molecule has 1 aromatic carbocycles. The topological polar surface area (TPSA) is 67.4 Å². The smallest absolute Gasteiger partial charge is 0.229 e. The molecule has 2 N–H and O–H groups in total. The summed E-state index contributed by atoms with van der Waals surface area (Å²) in [5, 5.41) is 3.97. The van der Waals surface area contributed by atoms with Crippen LogP contribution in [0.2, 0.25) is 5.02 Å². The highest BCUT2D eigenvalue weighted by Gasteiger charge is 2.21. The van der Waals surface area contributed by atoms with E-state index in [-0.39, 0.29) is 12.1 Å². The van der Waals surface area contributed by atoms with Crippen LogP contribution in [0, 0.1) is 0 Å². The number of hydrogen-bond acceptors (Lipinski definition) is 4. The first-order valence-corrected chi connectivity index (χ1v) is 9.30. The quantitative estimate of drug-likeness (QED) is 0.869. The van der Waals surface area contributed by atoms with Gasteiger partial charge in [0, 0.05) is 12.6 Å². The maximum atomic E-state index is 11.3. The number of ether oxygens (including phenoxy) is 1. The van der Waals surface area contributed by atoms with Gasteiger partial charge >= 0.3 is 0 Å². The number of sulfonamides is 1. The van der Waals surface area contributed by atoms with Crippen LogP contribution >= 0.6 is 11.6 Å². The van der Waals surface area contributed by atoms with Gasteiger partial charge in [-0.2, -0.15) is 0 Å². The van der Waals surface area contributed by atoms with E-state index in [4.69, 9.17) is 16.3 Å². The van der Waals surface area contributed by atoms with Crippen molar-refractivity contribution in [3.8, 4) is 0 Å². The van der Waals surface area contributed by atoms with Gasteiger partial charge in [-0.1, -0.05) is 18.5 Å². The average molecular weight is 333 g/mol. The van der Waals surface area contributed by atoms with Crippen LogP contribution in [-0.4, -0.2) is 33.4 Å². The fraction of sp³-hybridized carbons (Fsp3) is 0.571. The molecule has 0 radical (unpaired) electrons. The summed E-state index contributed by atoms with van der Waals surface area (Å²) in [6, 6.07) is 5.34. The largest absolute Gasteiger partial charge is 0.381 e. The summed E-state index contributed by atoms with van der Waals surface area (Å²) in [6.07, 6.45) is 4.22. The van der Waals surface area contributed by atoms with Crippen molar-refractivity contribution in [2.75, 3.05) is 22.9 Å². The molecule has 1 aliphatic rings. The molecule has 7 heteroatoms. The third-order valence-corrected chi connectivity index (χ3v) is 4.39. The third-order valence-electron chi connectivity index (χ3n) is 3.45. The normalized spacial score (nSPS) is 22.8. The summed E-state index contributed by atoms with van der Waals surface area (Å²) in [4.78, 5) is 0. The van der Waals surface area contributed by atoms with Crippen LogP contribution in [0.3, 0.4) is 0 Å². The molecule has 21 heavy (non-hydrogen) atoms. The van der Waals surface area contributed by atoms with Gasteiger partial charge in [-0.3, -0.25) is 4.72 Å². The molecule has 1 heterocycles. The Kier molecular flexibility index (Phi) is 5.35. The van der Waals surface area contributed by atoms with Crippen molar-refractivity contribution in [1.82, 2.24) is 0 Å². The number of anilines is 2. The van der Waals surface area contributed by atoms with Crippen LogP contribution in [0.5, 0.6) is 0 Å². The number of hydrogen-bond donors (Lipinski definition) is 2. The van der Waals surface area contributed by atoms with Gasteiger partial charge in [-0.15, -0.1) is 0 Å². The Morgan fingerprint density at radius 2 is 2.19 bits per heavy atom. The predicted molar refractivity (Wildman–Crippen MR) is 86.6 cm³/mol. The molecule has 2 rings (SSSR count). The highest BCUT2D eigenvalue weighted by atomic mass is 35.5. The minimum atomic E-state index is -3.29. The van der Waals surface area contributed by atoms with Crippen molar-refractivity contribution >= 4 is 33.0 Å². The molecule has 0 bridgehead atoms. The molecule has 1 fully saturated rings. The van der Waals surface area contributed by atoms with Gasteiger partial charge in [0.2, 0.25) is 10.0 Å². The fourth-order valence-corrected chi connectivity index (χ4v) is 3.16. The summed E-state index contributed by atoms with van der Waals surface area (Å²) < 4.78 is 30.7. The highest BCUT2D eigenvalue weighted by Crippen LogP contribution is 2.29. The summed E-state index contributed by atoms with van der Waals surface area (Å²) in [5.74, 6) is 0. The minimum absolute atomic E-state index is 0.271. The van der Waals surface area contributed by atoms with E-state index in [9.17, 15) is 8.42 Å². The molecule has 1 aliphatic heterocycles. The van der Waals surface area contributed by atoms with E-state index in [1.165, 1.54) is 0 Å². The highest BCUT2D eigenvalue weighted by molar-refractivity contribution is 7.92. The van der Waals surface area contributed by atoms with Gasteiger partial charge in [0.1, 0.15) is 0 Å². The van der Waals surface area contributed by atoms with Crippen LogP contribution in [0.15, 0.2) is 18.2 Å². The second kappa shape index (κ2) is 6.85. The Bertz CT molecular complexity index is 592. The van der Waals surface area contributed by atoms with Crippen LogP contribution < -0.4 is 10.0 Å². The lowest BCUT2D eigenvalue weighted by Crippen LogP contribution is -2.33. The molecule has 5 nitrogen and oxygen atoms in total. The Labute approximate surface area is 131 Å². The van der Waals surface area contributed by atoms with E-state index in [1.807, 2.05) is 0 Å². The molecule has 2 atom stereocenters. The molecule has 0 aliphatic carbocycles. The van der Waals surface area contributed by atoms with Crippen LogP contribution in [0.25, 0.3) is 0 Å². The number of halogens is 1. The number of nitrogens with one attached hydrogen (secondary N) is 2. The maximum absolute atomic E-state index is 11.3. The zero-order valence-corrected chi connectivity index (χ0v) is 13.8. The fourth-order valence-electron chi connectivity index (χ4n) is 2.43. The van der Waals surface area contributed by atoms with E-state index < -0.39 is 10.0 Å². The monoisotopic (exact) mass is 332 g/mol. The molecule has 1 aromatic rings. The second-order valence-corrected chi connectivity index (χ2v) is 7.49. The Morgan fingerprint density at radius 3 is 2.86 bits per heavy atom. The molecule has 0 amide bonds. The molecule has 118 valence electrons. The molecule has 1 saturated heterocycles. The summed E-state index contributed by atoms with van der Waals surface area (Å²) in [5.41, 5.74) is 1.25. The van der Waals surface area contributed by atoms with E-state index in [0.717, 1.165) is 37.8 Å². The lowest BCUT2D eigenvalue weighted by molar-refractivity contribution is 0.00926. The minimum Gasteiger partial charge on any atom is -0.381 e. The first-order chi connectivity index (χ1) is 9.87. The van der Waals surface area contributed by atoms with Crippen molar-refractivity contribution in [2.24, 2.45) is 0 Å². The van der Waals surface area contributed by atoms with E-state index >= 15 is 0 Å². The van der Waals surface area contributed by atoms with Gasteiger partial charge in [0.25, 0.3) is 0 Å². The molecule has 0 aromatic heterocycles. The van der Waals surface area contributed by atoms with Gasteiger partial charge in [0.15, 0.2) is 0 Å². The average Bonchev–Trinajstić information content (AvgIpc) is 2.41. The lowest BCUT2D eigenvalue weighted by Gasteiger charge is -2.30. The SMILES string of the molecule is CCC1CC(Nc2cc(NS(C)(=O)=O)ccc2Cl)CCO1. The second-order valence-electron chi connectivity index (χ2n) is 5.34. The van der Waals surface area contributed by atoms with E-state index in [1.54, 1.807) is 18.2 Å². The number of rotatable bonds is 5. The first-order valence-electron chi connectivity index (χ1n) is 7.03. The van der Waals surface area contributed by atoms with E-state index in [2.05, 4.69) is 17.0 Å². The van der Waals surface area contributed by atoms with Crippen molar-refractivity contribution < 1.29 is 13.2 Å². The van der Waals surface area contributed by atoms with Crippen molar-refractivity contribution in [3.63, 3.8) is 0 Å². The Morgan fingerprint density at radius 1 is 1.43 bits per heavy atom. The van der Waals surface area contributed by atoms with Gasteiger partial charge in [-0.05, 0) is 37.5 Å². The van der Waals surface area contributed by atoms with Gasteiger partial charge in [0.05, 0.1) is 28.8 Å². The molecule has 0 spiro atoms. The summed E-state index contributed by atoms with van der Waals surface area (Å²) in [7, 11) is -3.29. The van der Waals surface area contributed by atoms with E-state index in [0.29, 0.717) is 10.7 Å². The zero-order valence-electron chi connectivity index (χ0n) is 12.2. The molecular weight excluding hydrogens is 312 g/mol. The van der Waals surface area contributed by atoms with Gasteiger partial charge < -0.3 is 10.1 Å². The first kappa shape index (κ1) is 16.4. The summed E-state index contributed by atoms with van der Waals surface area (Å²) in [6.45, 7) is 2.84. The maximum Gasteiger partial charge on any atom is 0.229 e. The van der Waals surface area contributed by atoms with Crippen molar-refractivity contribution in [3.05, 3.63) is 23.2 Å². The standard InChI is InChI=1S/C14H21ClN2O3S/c1-3-12-8-10(6-7-20-12)16-14-9-11(4-5-13(14)15)17-21(2,18)19/h4-5,9-10,12,16-17H,3,6-8H2,1-2H3. The van der Waals surface area contributed by atoms with Crippen molar-refractivity contribution in [2.45, 2.75) is 38.3 Å². The predicted octanol–water partition coefficient (Wildman–Crippen LogP) is 3.08. The Hall–Kier alpha value is -0.980. The summed E-state index contributed by atoms with van der Waals surface area (Å²) >= 11 is 6.19. The zero-order chi connectivity index (χ0) is 15.5. The van der Waals surface area contributed by atoms with Gasteiger partial charge in [-0.25, -0.2) is 8.42 Å². The van der Waals surface area contributed by atoms with Crippen molar-refractivity contribution in [1.29, 1.82) is 0 Å². The van der Waals surface area contributed by atoms with Crippen LogP contribution in [0.1, 0.15) is 26.2 Å². The Balaban J connectivity index is 2.10. The van der Waals surface area contributed by atoms with Crippen LogP contribution in [0.4, 0.5) is 11.4 Å². The van der Waals surface area contributed by atoms with Crippen LogP contribution in [-0.2, 0) is 14.8 Å². The molecule has 0 saturated carbocycles. The molecular formula is C14H21ClN2O3S. The lowest BCUT2D eigenvalue weighted by atomic mass is 10.0. The third kappa shape index (κ3) is 5.05. The molecule has 2 unspecified atom stereocenters.